The molecular formula is C19H31Cl3N4O2. The molecule has 0 radical (unpaired) electrons. The summed E-state index contributed by atoms with van der Waals surface area (Å²) in [6.07, 6.45) is 2.32. The fourth-order valence-electron chi connectivity index (χ4n) is 3.09. The Kier molecular flexibility index (Phi) is 12.7. The number of benzene rings is 1. The van der Waals surface area contributed by atoms with Gasteiger partial charge in [-0.1, -0.05) is 37.6 Å². The van der Waals surface area contributed by atoms with Crippen molar-refractivity contribution in [1.82, 2.24) is 15.5 Å². The summed E-state index contributed by atoms with van der Waals surface area (Å²) in [5.74, 6) is -0.498. The van der Waals surface area contributed by atoms with E-state index < -0.39 is 6.04 Å². The molecule has 0 aromatic heterocycles. The number of nitrogens with one attached hydrogen (secondary N) is 2. The summed E-state index contributed by atoms with van der Waals surface area (Å²) in [6, 6.07) is 7.22. The number of halogens is 3. The van der Waals surface area contributed by atoms with E-state index in [-0.39, 0.29) is 55.1 Å². The fourth-order valence-corrected chi connectivity index (χ4v) is 3.28. The first kappa shape index (κ1) is 27.0. The molecule has 6 nitrogen and oxygen atoms in total. The molecule has 1 aromatic carbocycles. The van der Waals surface area contributed by atoms with Gasteiger partial charge in [-0.2, -0.15) is 0 Å². The zero-order valence-corrected chi connectivity index (χ0v) is 18.7. The quantitative estimate of drug-likeness (QED) is 0.564. The Bertz CT molecular complexity index is 625. The summed E-state index contributed by atoms with van der Waals surface area (Å²) < 4.78 is 0. The van der Waals surface area contributed by atoms with E-state index >= 15 is 0 Å². The number of likely N-dealkylation sites (tertiary alicyclic amines) is 1. The number of rotatable bonds is 8. The van der Waals surface area contributed by atoms with Crippen LogP contribution in [0.15, 0.2) is 24.3 Å². The van der Waals surface area contributed by atoms with Gasteiger partial charge in [-0.15, -0.1) is 24.8 Å². The summed E-state index contributed by atoms with van der Waals surface area (Å²) in [5, 5.41) is 6.20. The largest absolute Gasteiger partial charge is 0.353 e. The second kappa shape index (κ2) is 13.2. The average molecular weight is 454 g/mol. The Morgan fingerprint density at radius 1 is 1.18 bits per heavy atom. The van der Waals surface area contributed by atoms with Crippen LogP contribution in [0.25, 0.3) is 0 Å². The summed E-state index contributed by atoms with van der Waals surface area (Å²) in [6.45, 7) is 6.17. The molecule has 1 saturated heterocycles. The molecule has 0 aliphatic carbocycles. The van der Waals surface area contributed by atoms with Crippen molar-refractivity contribution < 1.29 is 9.59 Å². The lowest BCUT2D eigenvalue weighted by atomic mass is 10.1. The van der Waals surface area contributed by atoms with E-state index in [0.717, 1.165) is 31.5 Å². The maximum absolute atomic E-state index is 12.1. The van der Waals surface area contributed by atoms with Gasteiger partial charge in [0.1, 0.15) is 0 Å². The molecule has 0 saturated carbocycles. The van der Waals surface area contributed by atoms with E-state index in [1.54, 1.807) is 0 Å². The van der Waals surface area contributed by atoms with Gasteiger partial charge in [0.25, 0.3) is 0 Å². The Labute approximate surface area is 184 Å². The highest BCUT2D eigenvalue weighted by Gasteiger charge is 2.24. The van der Waals surface area contributed by atoms with Gasteiger partial charge >= 0.3 is 0 Å². The molecule has 2 rings (SSSR count). The van der Waals surface area contributed by atoms with Gasteiger partial charge in [0.15, 0.2) is 0 Å². The molecule has 1 aliphatic rings. The predicted octanol–water partition coefficient (Wildman–Crippen LogP) is 2.54. The molecule has 1 fully saturated rings. The van der Waals surface area contributed by atoms with Gasteiger partial charge in [0, 0.05) is 11.6 Å². The highest BCUT2D eigenvalue weighted by Crippen LogP contribution is 2.26. The molecule has 4 N–H and O–H groups in total. The minimum atomic E-state index is -0.605. The van der Waals surface area contributed by atoms with Crippen molar-refractivity contribution in [3.8, 4) is 0 Å². The predicted molar refractivity (Wildman–Crippen MR) is 118 cm³/mol. The number of hydrogen-bond donors (Lipinski definition) is 3. The molecule has 1 aromatic rings. The third-order valence-electron chi connectivity index (χ3n) is 4.75. The maximum atomic E-state index is 12.1. The smallest absolute Gasteiger partial charge is 0.239 e. The standard InChI is InChI=1S/C19H29ClN4O2.2ClH/c1-13(2)18(21)19(26)23-12-17(25)22-11-16(24-8-3-4-9-24)14-6-5-7-15(20)10-14;;/h5-7,10,13,16,18H,3-4,8-9,11-12,21H2,1-2H3,(H,22,25)(H,23,26);2*1H/t16?,18-;;/m0../s1. The fraction of sp³-hybridized carbons (Fsp3) is 0.579. The minimum Gasteiger partial charge on any atom is -0.353 e. The van der Waals surface area contributed by atoms with E-state index in [9.17, 15) is 9.59 Å². The highest BCUT2D eigenvalue weighted by molar-refractivity contribution is 6.30. The van der Waals surface area contributed by atoms with Crippen LogP contribution in [-0.2, 0) is 9.59 Å². The third-order valence-corrected chi connectivity index (χ3v) is 4.99. The van der Waals surface area contributed by atoms with Crippen LogP contribution < -0.4 is 16.4 Å². The number of carbonyl (C=O) groups excluding carboxylic acids is 2. The van der Waals surface area contributed by atoms with Crippen molar-refractivity contribution >= 4 is 48.2 Å². The molecule has 0 spiro atoms. The topological polar surface area (TPSA) is 87.5 Å². The molecule has 28 heavy (non-hydrogen) atoms. The number of hydrogen-bond acceptors (Lipinski definition) is 4. The van der Waals surface area contributed by atoms with Gasteiger partial charge in [-0.25, -0.2) is 0 Å². The lowest BCUT2D eigenvalue weighted by molar-refractivity contribution is -0.127. The number of nitrogens with two attached hydrogens (primary N) is 1. The second-order valence-corrected chi connectivity index (χ2v) is 7.54. The Balaban J connectivity index is 0.00000364. The van der Waals surface area contributed by atoms with Gasteiger partial charge in [-0.3, -0.25) is 14.5 Å². The number of carbonyl (C=O) groups is 2. The number of amides is 2. The van der Waals surface area contributed by atoms with Crippen LogP contribution in [0, 0.1) is 5.92 Å². The maximum Gasteiger partial charge on any atom is 0.239 e. The highest BCUT2D eigenvalue weighted by atomic mass is 35.5. The van der Waals surface area contributed by atoms with Crippen molar-refractivity contribution in [3.63, 3.8) is 0 Å². The molecular weight excluding hydrogens is 423 g/mol. The van der Waals surface area contributed by atoms with Gasteiger partial charge < -0.3 is 16.4 Å². The molecule has 160 valence electrons. The zero-order chi connectivity index (χ0) is 19.1. The van der Waals surface area contributed by atoms with E-state index in [1.807, 2.05) is 38.1 Å². The van der Waals surface area contributed by atoms with Crippen LogP contribution >= 0.6 is 36.4 Å². The Hall–Kier alpha value is -1.05. The Morgan fingerprint density at radius 2 is 1.82 bits per heavy atom. The SMILES string of the molecule is CC(C)[C@H](N)C(=O)NCC(=O)NCC(c1cccc(Cl)c1)N1CCCC1.Cl.Cl. The van der Waals surface area contributed by atoms with Crippen molar-refractivity contribution in [2.75, 3.05) is 26.2 Å². The summed E-state index contributed by atoms with van der Waals surface area (Å²) in [7, 11) is 0. The molecule has 1 heterocycles. The van der Waals surface area contributed by atoms with E-state index in [1.165, 1.54) is 0 Å². The van der Waals surface area contributed by atoms with E-state index in [0.29, 0.717) is 11.6 Å². The molecule has 1 unspecified atom stereocenters. The lowest BCUT2D eigenvalue weighted by Gasteiger charge is -2.28. The molecule has 1 aliphatic heterocycles. The molecule has 2 atom stereocenters. The normalized spacial score (nSPS) is 15.9. The number of nitrogens with zero attached hydrogens (tertiary/aromatic N) is 1. The molecule has 9 heteroatoms. The monoisotopic (exact) mass is 452 g/mol. The van der Waals surface area contributed by atoms with Crippen LogP contribution in [0.2, 0.25) is 5.02 Å². The molecule has 0 bridgehead atoms. The van der Waals surface area contributed by atoms with Crippen molar-refractivity contribution in [1.29, 1.82) is 0 Å². The van der Waals surface area contributed by atoms with Crippen LogP contribution in [0.3, 0.4) is 0 Å². The van der Waals surface area contributed by atoms with Gasteiger partial charge in [-0.05, 0) is 49.5 Å². The summed E-state index contributed by atoms with van der Waals surface area (Å²) in [4.78, 5) is 26.4. The van der Waals surface area contributed by atoms with Crippen LogP contribution in [-0.4, -0.2) is 48.9 Å². The average Bonchev–Trinajstić information content (AvgIpc) is 3.13. The summed E-state index contributed by atoms with van der Waals surface area (Å²) in [5.41, 5.74) is 6.87. The second-order valence-electron chi connectivity index (χ2n) is 7.11. The van der Waals surface area contributed by atoms with E-state index in [2.05, 4.69) is 15.5 Å². The lowest BCUT2D eigenvalue weighted by Crippen LogP contribution is -2.48. The van der Waals surface area contributed by atoms with Gasteiger partial charge in [0.2, 0.25) is 11.8 Å². The van der Waals surface area contributed by atoms with Crippen molar-refractivity contribution in [2.45, 2.75) is 38.8 Å². The van der Waals surface area contributed by atoms with Crippen molar-refractivity contribution in [3.05, 3.63) is 34.9 Å². The third kappa shape index (κ3) is 8.13. The van der Waals surface area contributed by atoms with E-state index in [4.69, 9.17) is 17.3 Å². The zero-order valence-electron chi connectivity index (χ0n) is 16.3. The van der Waals surface area contributed by atoms with Crippen molar-refractivity contribution in [2.24, 2.45) is 11.7 Å². The first-order chi connectivity index (χ1) is 12.4. The minimum absolute atomic E-state index is 0. The first-order valence-electron chi connectivity index (χ1n) is 9.18. The Morgan fingerprint density at radius 3 is 2.39 bits per heavy atom. The molecule has 2 amide bonds. The van der Waals surface area contributed by atoms with Gasteiger partial charge in [0.05, 0.1) is 18.6 Å². The summed E-state index contributed by atoms with van der Waals surface area (Å²) >= 11 is 6.13. The first-order valence-corrected chi connectivity index (χ1v) is 9.55. The van der Waals surface area contributed by atoms with Crippen LogP contribution in [0.5, 0.6) is 0 Å². The van der Waals surface area contributed by atoms with Crippen LogP contribution in [0.1, 0.15) is 38.3 Å². The van der Waals surface area contributed by atoms with Crippen LogP contribution in [0.4, 0.5) is 0 Å².